The van der Waals surface area contributed by atoms with Crippen molar-refractivity contribution < 1.29 is 4.74 Å². The lowest BCUT2D eigenvalue weighted by Gasteiger charge is -2.12. The Labute approximate surface area is 155 Å². The third-order valence-electron chi connectivity index (χ3n) is 3.62. The monoisotopic (exact) mass is 425 g/mol. The summed E-state index contributed by atoms with van der Waals surface area (Å²) in [6, 6.07) is 12.0. The molecule has 0 heterocycles. The molecule has 2 aromatic carbocycles. The van der Waals surface area contributed by atoms with Crippen LogP contribution in [-0.4, -0.2) is 13.1 Å². The fraction of sp³-hybridized carbons (Fsp3) is 0.278. The van der Waals surface area contributed by atoms with Crippen molar-refractivity contribution in [2.45, 2.75) is 27.3 Å². The zero-order valence-electron chi connectivity index (χ0n) is 14.0. The van der Waals surface area contributed by atoms with E-state index in [0.717, 1.165) is 11.4 Å². The van der Waals surface area contributed by atoms with Crippen LogP contribution in [0.2, 0.25) is 0 Å². The number of hydrogen-bond acceptors (Lipinski definition) is 2. The van der Waals surface area contributed by atoms with Gasteiger partial charge in [0.15, 0.2) is 5.96 Å². The molecule has 0 fully saturated rings. The molecular weight excluding hydrogens is 401 g/mol. The summed E-state index contributed by atoms with van der Waals surface area (Å²) in [5.74, 6) is 1.12. The number of benzene rings is 2. The summed E-state index contributed by atoms with van der Waals surface area (Å²) in [5, 5.41) is 3.08. The molecular formula is C18H24IN3O. The van der Waals surface area contributed by atoms with E-state index in [0.29, 0.717) is 12.5 Å². The van der Waals surface area contributed by atoms with E-state index in [1.807, 2.05) is 24.3 Å². The first-order chi connectivity index (χ1) is 10.5. The Morgan fingerprint density at radius 3 is 2.35 bits per heavy atom. The maximum atomic E-state index is 5.99. The molecule has 0 amide bonds. The van der Waals surface area contributed by atoms with Crippen LogP contribution in [0, 0.1) is 20.8 Å². The molecule has 0 aliphatic rings. The van der Waals surface area contributed by atoms with E-state index in [-0.39, 0.29) is 24.0 Å². The highest BCUT2D eigenvalue weighted by Gasteiger charge is 2.05. The highest BCUT2D eigenvalue weighted by Crippen LogP contribution is 2.23. The molecule has 0 spiro atoms. The van der Waals surface area contributed by atoms with Gasteiger partial charge in [-0.1, -0.05) is 29.8 Å². The SMILES string of the molecule is COc1ccccc1NC(N)=NCc1c(C)cc(C)cc1C.I. The van der Waals surface area contributed by atoms with Crippen LogP contribution in [0.3, 0.4) is 0 Å². The molecule has 0 radical (unpaired) electrons. The fourth-order valence-corrected chi connectivity index (χ4v) is 2.55. The van der Waals surface area contributed by atoms with Crippen LogP contribution in [0.1, 0.15) is 22.3 Å². The van der Waals surface area contributed by atoms with E-state index in [9.17, 15) is 0 Å². The van der Waals surface area contributed by atoms with Gasteiger partial charge < -0.3 is 15.8 Å². The highest BCUT2D eigenvalue weighted by molar-refractivity contribution is 14.0. The van der Waals surface area contributed by atoms with E-state index in [1.54, 1.807) is 7.11 Å². The lowest BCUT2D eigenvalue weighted by atomic mass is 10.00. The Kier molecular flexibility index (Phi) is 7.35. The number of para-hydroxylation sites is 2. The molecule has 0 saturated carbocycles. The minimum Gasteiger partial charge on any atom is -0.495 e. The number of aliphatic imine (C=N–C) groups is 1. The number of ether oxygens (including phenoxy) is 1. The van der Waals surface area contributed by atoms with Crippen molar-refractivity contribution in [1.29, 1.82) is 0 Å². The van der Waals surface area contributed by atoms with E-state index < -0.39 is 0 Å². The van der Waals surface area contributed by atoms with Gasteiger partial charge in [-0.2, -0.15) is 0 Å². The van der Waals surface area contributed by atoms with Crippen molar-refractivity contribution in [3.05, 3.63) is 58.7 Å². The van der Waals surface area contributed by atoms with E-state index in [4.69, 9.17) is 10.5 Å². The number of halogens is 1. The first kappa shape index (κ1) is 19.3. The van der Waals surface area contributed by atoms with Crippen LogP contribution < -0.4 is 15.8 Å². The van der Waals surface area contributed by atoms with E-state index in [1.165, 1.54) is 22.3 Å². The number of rotatable bonds is 4. The van der Waals surface area contributed by atoms with Crippen molar-refractivity contribution >= 4 is 35.6 Å². The van der Waals surface area contributed by atoms with E-state index >= 15 is 0 Å². The predicted molar refractivity (Wildman–Crippen MR) is 108 cm³/mol. The topological polar surface area (TPSA) is 59.6 Å². The summed E-state index contributed by atoms with van der Waals surface area (Å²) >= 11 is 0. The summed E-state index contributed by atoms with van der Waals surface area (Å²) in [6.07, 6.45) is 0. The van der Waals surface area contributed by atoms with Crippen molar-refractivity contribution in [2.75, 3.05) is 12.4 Å². The molecule has 5 heteroatoms. The molecule has 0 unspecified atom stereocenters. The molecule has 0 atom stereocenters. The third kappa shape index (κ3) is 5.13. The fourth-order valence-electron chi connectivity index (χ4n) is 2.55. The van der Waals surface area contributed by atoms with Crippen molar-refractivity contribution in [2.24, 2.45) is 10.7 Å². The Bertz CT molecular complexity index is 675. The number of guanidine groups is 1. The quantitative estimate of drug-likeness (QED) is 0.439. The van der Waals surface area contributed by atoms with Gasteiger partial charge in [0.2, 0.25) is 0 Å². The molecule has 23 heavy (non-hydrogen) atoms. The largest absolute Gasteiger partial charge is 0.495 e. The Morgan fingerprint density at radius 1 is 1.13 bits per heavy atom. The summed E-state index contributed by atoms with van der Waals surface area (Å²) in [4.78, 5) is 4.44. The number of nitrogens with zero attached hydrogens (tertiary/aromatic N) is 1. The van der Waals surface area contributed by atoms with Crippen LogP contribution in [0.25, 0.3) is 0 Å². The lowest BCUT2D eigenvalue weighted by molar-refractivity contribution is 0.417. The van der Waals surface area contributed by atoms with Crippen LogP contribution in [0.15, 0.2) is 41.4 Å². The Balaban J connectivity index is 0.00000264. The van der Waals surface area contributed by atoms with Gasteiger partial charge in [0, 0.05) is 0 Å². The molecule has 3 N–H and O–H groups in total. The van der Waals surface area contributed by atoms with E-state index in [2.05, 4.69) is 43.2 Å². The zero-order valence-corrected chi connectivity index (χ0v) is 16.3. The minimum absolute atomic E-state index is 0. The number of nitrogens with one attached hydrogen (secondary N) is 1. The van der Waals surface area contributed by atoms with Gasteiger partial charge in [0.1, 0.15) is 5.75 Å². The zero-order chi connectivity index (χ0) is 16.1. The average Bonchev–Trinajstić information content (AvgIpc) is 2.46. The molecule has 0 bridgehead atoms. The van der Waals surface area contributed by atoms with Crippen LogP contribution >= 0.6 is 24.0 Å². The van der Waals surface area contributed by atoms with Crippen LogP contribution in [-0.2, 0) is 6.54 Å². The van der Waals surface area contributed by atoms with Crippen molar-refractivity contribution in [3.63, 3.8) is 0 Å². The molecule has 2 rings (SSSR count). The van der Waals surface area contributed by atoms with Crippen LogP contribution in [0.4, 0.5) is 5.69 Å². The summed E-state index contributed by atoms with van der Waals surface area (Å²) < 4.78 is 5.29. The number of anilines is 1. The molecule has 124 valence electrons. The van der Waals surface area contributed by atoms with Gasteiger partial charge in [-0.3, -0.25) is 0 Å². The first-order valence-electron chi connectivity index (χ1n) is 7.28. The maximum Gasteiger partial charge on any atom is 0.193 e. The van der Waals surface area contributed by atoms with Crippen molar-refractivity contribution in [3.8, 4) is 5.75 Å². The van der Waals surface area contributed by atoms with Gasteiger partial charge in [0.25, 0.3) is 0 Å². The Hall–Kier alpha value is -1.76. The average molecular weight is 425 g/mol. The molecule has 0 aromatic heterocycles. The summed E-state index contributed by atoms with van der Waals surface area (Å²) in [5.41, 5.74) is 11.8. The first-order valence-corrected chi connectivity index (χ1v) is 7.28. The normalized spacial score (nSPS) is 10.9. The molecule has 0 saturated heterocycles. The highest BCUT2D eigenvalue weighted by atomic mass is 127. The smallest absolute Gasteiger partial charge is 0.193 e. The molecule has 4 nitrogen and oxygen atoms in total. The molecule has 0 aliphatic carbocycles. The molecule has 2 aromatic rings. The van der Waals surface area contributed by atoms with Gasteiger partial charge in [-0.15, -0.1) is 24.0 Å². The van der Waals surface area contributed by atoms with Crippen molar-refractivity contribution in [1.82, 2.24) is 0 Å². The number of nitrogens with two attached hydrogens (primary N) is 1. The third-order valence-corrected chi connectivity index (χ3v) is 3.62. The number of hydrogen-bond donors (Lipinski definition) is 2. The summed E-state index contributed by atoms with van der Waals surface area (Å²) in [6.45, 7) is 6.87. The predicted octanol–water partition coefficient (Wildman–Crippen LogP) is 4.17. The second-order valence-corrected chi connectivity index (χ2v) is 5.40. The standard InChI is InChI=1S/C18H23N3O.HI/c1-12-9-13(2)15(14(3)10-12)11-20-18(19)21-16-7-5-6-8-17(16)22-4;/h5-10H,11H2,1-4H3,(H3,19,20,21);1H. The Morgan fingerprint density at radius 2 is 1.74 bits per heavy atom. The minimum atomic E-state index is 0. The second-order valence-electron chi connectivity index (χ2n) is 5.40. The van der Waals surface area contributed by atoms with Crippen LogP contribution in [0.5, 0.6) is 5.75 Å². The summed E-state index contributed by atoms with van der Waals surface area (Å²) in [7, 11) is 1.63. The number of aryl methyl sites for hydroxylation is 3. The van der Waals surface area contributed by atoms with Gasteiger partial charge in [-0.05, 0) is 49.6 Å². The molecule has 0 aliphatic heterocycles. The lowest BCUT2D eigenvalue weighted by Crippen LogP contribution is -2.23. The maximum absolute atomic E-state index is 5.99. The van der Waals surface area contributed by atoms with Gasteiger partial charge >= 0.3 is 0 Å². The van der Waals surface area contributed by atoms with Gasteiger partial charge in [-0.25, -0.2) is 4.99 Å². The number of methoxy groups -OCH3 is 1. The second kappa shape index (κ2) is 8.76. The van der Waals surface area contributed by atoms with Gasteiger partial charge in [0.05, 0.1) is 19.3 Å².